The van der Waals surface area contributed by atoms with E-state index in [1.54, 1.807) is 0 Å². The molecular formula is C14H19F13O7Si. The molecule has 0 unspecified atom stereocenters. The summed E-state index contributed by atoms with van der Waals surface area (Å²) in [7, 11) is -5.98. The SMILES string of the molecule is CCO[Si](OCC)(OCC)C(O)(O)C(O)(O)C(F)(F)C(F)(F)C(F)(F)C(F)(F)C(F)(F)C(F)(F)F. The first kappa shape index (κ1) is 34.0. The molecule has 0 fully saturated rings. The topological polar surface area (TPSA) is 109 Å². The van der Waals surface area contributed by atoms with E-state index in [1.807, 2.05) is 0 Å². The number of hydrogen-bond acceptors (Lipinski definition) is 7. The second-order valence-electron chi connectivity index (χ2n) is 6.57. The maximum atomic E-state index is 14.4. The second kappa shape index (κ2) is 9.72. The van der Waals surface area contributed by atoms with E-state index in [0.29, 0.717) is 0 Å². The van der Waals surface area contributed by atoms with Gasteiger partial charge in [0.15, 0.2) is 0 Å². The molecule has 0 bridgehead atoms. The quantitative estimate of drug-likeness (QED) is 0.152. The molecule has 0 aliphatic carbocycles. The molecule has 0 saturated carbocycles. The average Bonchev–Trinajstić information content (AvgIpc) is 2.66. The van der Waals surface area contributed by atoms with Gasteiger partial charge in [0.05, 0.1) is 0 Å². The predicted octanol–water partition coefficient (Wildman–Crippen LogP) is 2.67. The molecule has 21 heteroatoms. The van der Waals surface area contributed by atoms with Crippen LogP contribution in [-0.4, -0.2) is 96.0 Å². The average molecular weight is 574 g/mol. The van der Waals surface area contributed by atoms with Gasteiger partial charge in [-0.05, 0) is 20.8 Å². The number of hydrogen-bond donors (Lipinski definition) is 4. The van der Waals surface area contributed by atoms with Crippen LogP contribution in [-0.2, 0) is 13.3 Å². The highest BCUT2D eigenvalue weighted by atomic mass is 28.4. The first-order valence-corrected chi connectivity index (χ1v) is 10.7. The van der Waals surface area contributed by atoms with E-state index in [2.05, 4.69) is 13.3 Å². The van der Waals surface area contributed by atoms with Crippen molar-refractivity contribution in [3.8, 4) is 0 Å². The lowest BCUT2D eigenvalue weighted by Crippen LogP contribution is -2.83. The maximum Gasteiger partial charge on any atom is 0.569 e. The lowest BCUT2D eigenvalue weighted by Gasteiger charge is -2.49. The van der Waals surface area contributed by atoms with Gasteiger partial charge in [0.2, 0.25) is 0 Å². The van der Waals surface area contributed by atoms with Gasteiger partial charge < -0.3 is 33.7 Å². The van der Waals surface area contributed by atoms with E-state index < -0.39 is 75.6 Å². The fraction of sp³-hybridized carbons (Fsp3) is 1.00. The Hall–Kier alpha value is -0.973. The van der Waals surface area contributed by atoms with E-state index >= 15 is 0 Å². The monoisotopic (exact) mass is 574 g/mol. The van der Waals surface area contributed by atoms with Gasteiger partial charge in [-0.1, -0.05) is 0 Å². The summed E-state index contributed by atoms with van der Waals surface area (Å²) in [6.07, 6.45) is -7.69. The van der Waals surface area contributed by atoms with E-state index in [0.717, 1.165) is 20.8 Å². The van der Waals surface area contributed by atoms with Crippen LogP contribution in [0.4, 0.5) is 57.1 Å². The van der Waals surface area contributed by atoms with Gasteiger partial charge in [0, 0.05) is 19.8 Å². The van der Waals surface area contributed by atoms with Crippen LogP contribution in [0.3, 0.4) is 0 Å². The summed E-state index contributed by atoms with van der Waals surface area (Å²) >= 11 is 0. The summed E-state index contributed by atoms with van der Waals surface area (Å²) in [6, 6.07) is 0. The van der Waals surface area contributed by atoms with Crippen molar-refractivity contribution in [3.63, 3.8) is 0 Å². The van der Waals surface area contributed by atoms with Crippen molar-refractivity contribution >= 4 is 8.80 Å². The van der Waals surface area contributed by atoms with Crippen molar-refractivity contribution in [1.82, 2.24) is 0 Å². The molecular weight excluding hydrogens is 555 g/mol. The fourth-order valence-electron chi connectivity index (χ4n) is 2.42. The Labute approximate surface area is 188 Å². The Morgan fingerprint density at radius 3 is 1.00 bits per heavy atom. The van der Waals surface area contributed by atoms with Crippen molar-refractivity contribution in [2.45, 2.75) is 67.8 Å². The molecule has 4 N–H and O–H groups in total. The Morgan fingerprint density at radius 2 is 0.743 bits per heavy atom. The highest BCUT2D eigenvalue weighted by Gasteiger charge is 2.95. The van der Waals surface area contributed by atoms with Gasteiger partial charge >= 0.3 is 44.6 Å². The molecule has 0 aromatic carbocycles. The zero-order valence-corrected chi connectivity index (χ0v) is 18.5. The van der Waals surface area contributed by atoms with Crippen LogP contribution in [0, 0.1) is 0 Å². The third kappa shape index (κ3) is 4.61. The third-order valence-electron chi connectivity index (χ3n) is 4.29. The highest BCUT2D eigenvalue weighted by Crippen LogP contribution is 2.62. The molecule has 35 heavy (non-hydrogen) atoms. The van der Waals surface area contributed by atoms with Crippen LogP contribution in [0.5, 0.6) is 0 Å². The molecule has 0 heterocycles. The molecule has 0 aliphatic rings. The molecule has 0 rings (SSSR count). The minimum absolute atomic E-state index is 0.876. The number of aliphatic hydroxyl groups is 4. The summed E-state index contributed by atoms with van der Waals surface area (Å²) in [5.41, 5.74) is -5.42. The number of alkyl halides is 13. The Morgan fingerprint density at radius 1 is 0.486 bits per heavy atom. The van der Waals surface area contributed by atoms with Crippen LogP contribution < -0.4 is 0 Å². The largest absolute Gasteiger partial charge is 0.569 e. The lowest BCUT2D eigenvalue weighted by atomic mass is 9.89. The van der Waals surface area contributed by atoms with Crippen LogP contribution in [0.1, 0.15) is 20.8 Å². The highest BCUT2D eigenvalue weighted by molar-refractivity contribution is 6.63. The molecule has 7 nitrogen and oxygen atoms in total. The van der Waals surface area contributed by atoms with Gasteiger partial charge in [-0.3, -0.25) is 0 Å². The van der Waals surface area contributed by atoms with Gasteiger partial charge in [0.1, 0.15) is 0 Å². The van der Waals surface area contributed by atoms with Crippen LogP contribution in [0.15, 0.2) is 0 Å². The number of rotatable bonds is 13. The molecule has 0 aromatic heterocycles. The van der Waals surface area contributed by atoms with Crippen molar-refractivity contribution in [2.75, 3.05) is 19.8 Å². The summed E-state index contributed by atoms with van der Waals surface area (Å²) in [6.45, 7) is 0.143. The Bertz CT molecular complexity index is 683. The van der Waals surface area contributed by atoms with E-state index in [9.17, 15) is 77.5 Å². The Kier molecular flexibility index (Phi) is 9.45. The predicted molar refractivity (Wildman–Crippen MR) is 85.8 cm³/mol. The molecule has 0 amide bonds. The van der Waals surface area contributed by atoms with E-state index in [1.165, 1.54) is 0 Å². The van der Waals surface area contributed by atoms with Gasteiger partial charge in [-0.25, -0.2) is 0 Å². The Balaban J connectivity index is 7.10. The molecule has 0 aliphatic heterocycles. The fourth-order valence-corrected chi connectivity index (χ4v) is 5.00. The second-order valence-corrected chi connectivity index (χ2v) is 9.24. The summed E-state index contributed by atoms with van der Waals surface area (Å²) < 4.78 is 187. The molecule has 0 atom stereocenters. The van der Waals surface area contributed by atoms with Gasteiger partial charge in [0.25, 0.3) is 11.2 Å². The van der Waals surface area contributed by atoms with Crippen molar-refractivity contribution < 1.29 is 90.8 Å². The first-order valence-electron chi connectivity index (χ1n) is 8.95. The minimum atomic E-state index is -8.43. The van der Waals surface area contributed by atoms with Crippen molar-refractivity contribution in [3.05, 3.63) is 0 Å². The van der Waals surface area contributed by atoms with Crippen molar-refractivity contribution in [2.24, 2.45) is 0 Å². The normalized spacial score (nSPS) is 16.1. The molecule has 0 saturated heterocycles. The van der Waals surface area contributed by atoms with Gasteiger partial charge in [-0.15, -0.1) is 0 Å². The van der Waals surface area contributed by atoms with E-state index in [-0.39, 0.29) is 0 Å². The summed E-state index contributed by atoms with van der Waals surface area (Å²) in [4.78, 5) is 0. The first-order chi connectivity index (χ1) is 15.2. The zero-order chi connectivity index (χ0) is 28.7. The lowest BCUT2D eigenvalue weighted by molar-refractivity contribution is -0.486. The zero-order valence-electron chi connectivity index (χ0n) is 17.5. The standard InChI is InChI=1S/C14H19F13O7Si/c1-4-32-35(33-5-2,34-6-3)14(30,31)12(28,29)10(21,22)8(17,18)7(15,16)9(19,20)11(23,24)13(25,26)27/h28-31H,4-6H2,1-3H3. The van der Waals surface area contributed by atoms with Crippen LogP contribution >= 0.6 is 0 Å². The molecule has 0 aromatic rings. The summed E-state index contributed by atoms with van der Waals surface area (Å²) in [5, 5.41) is 39.0. The minimum Gasteiger partial charge on any atom is -0.371 e. The van der Waals surface area contributed by atoms with Gasteiger partial charge in [-0.2, -0.15) is 57.1 Å². The van der Waals surface area contributed by atoms with Crippen molar-refractivity contribution in [1.29, 1.82) is 0 Å². The van der Waals surface area contributed by atoms with E-state index in [4.69, 9.17) is 0 Å². The number of halogens is 13. The third-order valence-corrected chi connectivity index (χ3v) is 7.50. The molecule has 0 radical (unpaired) electrons. The summed E-state index contributed by atoms with van der Waals surface area (Å²) in [5.74, 6) is -47.4. The maximum absolute atomic E-state index is 14.4. The van der Waals surface area contributed by atoms with Crippen LogP contribution in [0.2, 0.25) is 0 Å². The van der Waals surface area contributed by atoms with Crippen LogP contribution in [0.25, 0.3) is 0 Å². The smallest absolute Gasteiger partial charge is 0.371 e. The molecule has 212 valence electrons. The molecule has 0 spiro atoms.